The molecule has 1 aliphatic heterocycles. The fraction of sp³-hybridized carbons (Fsp3) is 0.625. The average Bonchev–Trinajstić information content (AvgIpc) is 2.54. The lowest BCUT2D eigenvalue weighted by atomic mass is 9.95. The Bertz CT molecular complexity index is 255. The summed E-state index contributed by atoms with van der Waals surface area (Å²) in [6.07, 6.45) is 4.08. The lowest BCUT2D eigenvalue weighted by molar-refractivity contribution is 0.451. The van der Waals surface area contributed by atoms with Crippen molar-refractivity contribution in [2.45, 2.75) is 18.8 Å². The van der Waals surface area contributed by atoms with Crippen LogP contribution in [0.4, 0.5) is 0 Å². The molecule has 1 fully saturated rings. The summed E-state index contributed by atoms with van der Waals surface area (Å²) in [6.45, 7) is 2.18. The second-order valence-corrected chi connectivity index (χ2v) is 3.73. The van der Waals surface area contributed by atoms with E-state index in [1.807, 2.05) is 0 Å². The first-order valence-electron chi connectivity index (χ1n) is 4.18. The minimum atomic E-state index is 0.585. The number of nitrogens with zero attached hydrogens (tertiary/aromatic N) is 1. The first-order valence-corrected chi connectivity index (χ1v) is 4.97. The Labute approximate surface area is 79.7 Å². The van der Waals surface area contributed by atoms with Gasteiger partial charge in [-0.25, -0.2) is 4.98 Å². The zero-order chi connectivity index (χ0) is 8.39. The molecule has 1 N–H and O–H groups in total. The average molecular weight is 231 g/mol. The van der Waals surface area contributed by atoms with Gasteiger partial charge in [0.15, 0.2) is 0 Å². The third-order valence-corrected chi connectivity index (χ3v) is 2.62. The van der Waals surface area contributed by atoms with Gasteiger partial charge in [0.1, 0.15) is 6.26 Å². The van der Waals surface area contributed by atoms with Crippen LogP contribution < -0.4 is 5.32 Å². The van der Waals surface area contributed by atoms with Crippen LogP contribution in [0.15, 0.2) is 15.5 Å². The van der Waals surface area contributed by atoms with Crippen molar-refractivity contribution in [1.29, 1.82) is 0 Å². The minimum absolute atomic E-state index is 0.585. The van der Waals surface area contributed by atoms with Gasteiger partial charge in [-0.3, -0.25) is 0 Å². The molecule has 3 nitrogen and oxygen atoms in total. The molecule has 1 saturated heterocycles. The Kier molecular flexibility index (Phi) is 2.46. The summed E-state index contributed by atoms with van der Waals surface area (Å²) in [4.78, 5) is 4.85. The molecule has 0 unspecified atom stereocenters. The predicted molar refractivity (Wildman–Crippen MR) is 49.0 cm³/mol. The Balaban J connectivity index is 2.08. The van der Waals surface area contributed by atoms with E-state index in [0.717, 1.165) is 18.8 Å². The number of nitrogens with one attached hydrogen (secondary N) is 1. The molecular weight excluding hydrogens is 220 g/mol. The Morgan fingerprint density at radius 1 is 1.50 bits per heavy atom. The van der Waals surface area contributed by atoms with Crippen molar-refractivity contribution in [2.75, 3.05) is 13.1 Å². The Morgan fingerprint density at radius 3 is 2.83 bits per heavy atom. The van der Waals surface area contributed by atoms with Crippen LogP contribution in [0.2, 0.25) is 0 Å². The van der Waals surface area contributed by atoms with Crippen LogP contribution >= 0.6 is 15.9 Å². The molecular formula is C8H11BrN2O. The second-order valence-electron chi connectivity index (χ2n) is 3.05. The molecule has 0 radical (unpaired) electrons. The molecule has 1 aromatic rings. The molecule has 0 spiro atoms. The largest absolute Gasteiger partial charge is 0.439 e. The molecule has 0 bridgehead atoms. The minimum Gasteiger partial charge on any atom is -0.439 e. The smallest absolute Gasteiger partial charge is 0.264 e. The molecule has 0 aliphatic carbocycles. The molecule has 0 amide bonds. The van der Waals surface area contributed by atoms with Gasteiger partial charge in [0.25, 0.3) is 4.80 Å². The molecule has 66 valence electrons. The van der Waals surface area contributed by atoms with Crippen LogP contribution in [-0.2, 0) is 0 Å². The van der Waals surface area contributed by atoms with E-state index in [-0.39, 0.29) is 0 Å². The van der Waals surface area contributed by atoms with E-state index >= 15 is 0 Å². The van der Waals surface area contributed by atoms with E-state index in [9.17, 15) is 0 Å². The number of rotatable bonds is 1. The number of aromatic nitrogens is 1. The van der Waals surface area contributed by atoms with Crippen LogP contribution in [-0.4, -0.2) is 18.1 Å². The SMILES string of the molecule is Brc1nc(C2CCNCC2)co1. The summed E-state index contributed by atoms with van der Waals surface area (Å²) in [6, 6.07) is 0. The van der Waals surface area contributed by atoms with E-state index in [0.29, 0.717) is 10.7 Å². The molecule has 0 saturated carbocycles. The van der Waals surface area contributed by atoms with Gasteiger partial charge >= 0.3 is 0 Å². The van der Waals surface area contributed by atoms with Crippen molar-refractivity contribution in [3.05, 3.63) is 16.8 Å². The Morgan fingerprint density at radius 2 is 2.25 bits per heavy atom. The number of hydrogen-bond donors (Lipinski definition) is 1. The zero-order valence-corrected chi connectivity index (χ0v) is 8.30. The summed E-state index contributed by atoms with van der Waals surface area (Å²) in [5, 5.41) is 3.32. The highest BCUT2D eigenvalue weighted by molar-refractivity contribution is 9.10. The molecule has 1 aromatic heterocycles. The topological polar surface area (TPSA) is 38.1 Å². The first kappa shape index (κ1) is 8.26. The van der Waals surface area contributed by atoms with Crippen molar-refractivity contribution in [3.63, 3.8) is 0 Å². The van der Waals surface area contributed by atoms with E-state index in [1.165, 1.54) is 12.8 Å². The second kappa shape index (κ2) is 3.58. The molecule has 1 aliphatic rings. The summed E-state index contributed by atoms with van der Waals surface area (Å²) < 4.78 is 5.10. The van der Waals surface area contributed by atoms with Crippen molar-refractivity contribution in [3.8, 4) is 0 Å². The highest BCUT2D eigenvalue weighted by Gasteiger charge is 2.17. The summed E-state index contributed by atoms with van der Waals surface area (Å²) in [5.74, 6) is 0.585. The number of oxazole rings is 1. The van der Waals surface area contributed by atoms with Crippen LogP contribution in [0.1, 0.15) is 24.5 Å². The molecule has 0 atom stereocenters. The van der Waals surface area contributed by atoms with E-state index in [2.05, 4.69) is 26.2 Å². The van der Waals surface area contributed by atoms with E-state index in [1.54, 1.807) is 6.26 Å². The van der Waals surface area contributed by atoms with E-state index < -0.39 is 0 Å². The van der Waals surface area contributed by atoms with Crippen molar-refractivity contribution in [1.82, 2.24) is 10.3 Å². The van der Waals surface area contributed by atoms with Crippen LogP contribution in [0.25, 0.3) is 0 Å². The maximum absolute atomic E-state index is 5.10. The van der Waals surface area contributed by atoms with Gasteiger partial charge in [0.05, 0.1) is 5.69 Å². The van der Waals surface area contributed by atoms with Gasteiger partial charge in [-0.15, -0.1) is 0 Å². The third-order valence-electron chi connectivity index (χ3n) is 2.25. The van der Waals surface area contributed by atoms with E-state index in [4.69, 9.17) is 4.42 Å². The fourth-order valence-electron chi connectivity index (χ4n) is 1.57. The molecule has 2 rings (SSSR count). The lowest BCUT2D eigenvalue weighted by Crippen LogP contribution is -2.26. The highest BCUT2D eigenvalue weighted by Crippen LogP contribution is 2.25. The van der Waals surface area contributed by atoms with Gasteiger partial charge in [0.2, 0.25) is 0 Å². The highest BCUT2D eigenvalue weighted by atomic mass is 79.9. The first-order chi connectivity index (χ1) is 5.86. The van der Waals surface area contributed by atoms with Crippen LogP contribution in [0.3, 0.4) is 0 Å². The zero-order valence-electron chi connectivity index (χ0n) is 6.72. The fourth-order valence-corrected chi connectivity index (χ4v) is 1.87. The lowest BCUT2D eigenvalue weighted by Gasteiger charge is -2.19. The van der Waals surface area contributed by atoms with Crippen molar-refractivity contribution < 1.29 is 4.42 Å². The Hall–Kier alpha value is -0.350. The molecule has 12 heavy (non-hydrogen) atoms. The van der Waals surface area contributed by atoms with Crippen molar-refractivity contribution in [2.24, 2.45) is 0 Å². The summed E-state index contributed by atoms with van der Waals surface area (Å²) in [7, 11) is 0. The molecule has 4 heteroatoms. The number of halogens is 1. The normalized spacial score (nSPS) is 19.8. The molecule has 2 heterocycles. The maximum atomic E-state index is 5.10. The number of hydrogen-bond acceptors (Lipinski definition) is 3. The quantitative estimate of drug-likeness (QED) is 0.802. The molecule has 0 aromatic carbocycles. The summed E-state index contributed by atoms with van der Waals surface area (Å²) in [5.41, 5.74) is 1.09. The maximum Gasteiger partial charge on any atom is 0.264 e. The van der Waals surface area contributed by atoms with Gasteiger partial charge in [-0.2, -0.15) is 0 Å². The van der Waals surface area contributed by atoms with Crippen LogP contribution in [0.5, 0.6) is 0 Å². The predicted octanol–water partition coefficient (Wildman–Crippen LogP) is 1.90. The van der Waals surface area contributed by atoms with Gasteiger partial charge < -0.3 is 9.73 Å². The third kappa shape index (κ3) is 1.69. The summed E-state index contributed by atoms with van der Waals surface area (Å²) >= 11 is 3.21. The van der Waals surface area contributed by atoms with Crippen molar-refractivity contribution >= 4 is 15.9 Å². The standard InChI is InChI=1S/C8H11BrN2O/c9-8-11-7(5-12-8)6-1-3-10-4-2-6/h5-6,10H,1-4H2. The number of piperidine rings is 1. The van der Waals surface area contributed by atoms with Gasteiger partial charge in [-0.1, -0.05) is 0 Å². The monoisotopic (exact) mass is 230 g/mol. The van der Waals surface area contributed by atoms with Gasteiger partial charge in [-0.05, 0) is 25.9 Å². The van der Waals surface area contributed by atoms with Gasteiger partial charge in [0, 0.05) is 21.8 Å². The van der Waals surface area contributed by atoms with Crippen LogP contribution in [0, 0.1) is 0 Å².